The molecule has 2 heterocycles. The largest absolute Gasteiger partial charge is 0.367 e. The fourth-order valence-electron chi connectivity index (χ4n) is 2.60. The lowest BCUT2D eigenvalue weighted by molar-refractivity contribution is 0.329. The van der Waals surface area contributed by atoms with Gasteiger partial charge < -0.3 is 5.32 Å². The van der Waals surface area contributed by atoms with E-state index in [0.29, 0.717) is 18.1 Å². The first-order chi connectivity index (χ1) is 11.1. The van der Waals surface area contributed by atoms with Crippen LogP contribution in [0.4, 0.5) is 5.82 Å². The van der Waals surface area contributed by atoms with Crippen LogP contribution in [0.3, 0.4) is 0 Å². The van der Waals surface area contributed by atoms with Crippen LogP contribution in [-0.4, -0.2) is 41.8 Å². The maximum Gasteiger partial charge on any atom is 0.243 e. The number of aromatic nitrogens is 2. The van der Waals surface area contributed by atoms with Gasteiger partial charge in [-0.1, -0.05) is 17.7 Å². The van der Waals surface area contributed by atoms with Crippen LogP contribution >= 0.6 is 11.6 Å². The second-order valence-corrected chi connectivity index (χ2v) is 7.75. The number of nitrogens with one attached hydrogen (secondary N) is 1. The number of hydrogen-bond acceptors (Lipinski definition) is 5. The summed E-state index contributed by atoms with van der Waals surface area (Å²) in [5.74, 6) is 0.760. The maximum absolute atomic E-state index is 12.6. The molecule has 1 fully saturated rings. The third-order valence-corrected chi connectivity index (χ3v) is 5.95. The van der Waals surface area contributed by atoms with Crippen LogP contribution in [0.15, 0.2) is 47.8 Å². The van der Waals surface area contributed by atoms with Gasteiger partial charge in [0, 0.05) is 30.4 Å². The first kappa shape index (κ1) is 16.2. The van der Waals surface area contributed by atoms with E-state index in [1.165, 1.54) is 16.7 Å². The summed E-state index contributed by atoms with van der Waals surface area (Å²) in [4.78, 5) is 8.25. The topological polar surface area (TPSA) is 75.2 Å². The summed E-state index contributed by atoms with van der Waals surface area (Å²) in [6, 6.07) is 8.39. The van der Waals surface area contributed by atoms with E-state index in [9.17, 15) is 8.42 Å². The van der Waals surface area contributed by atoms with E-state index in [4.69, 9.17) is 11.6 Å². The van der Waals surface area contributed by atoms with Gasteiger partial charge in [-0.2, -0.15) is 4.31 Å². The Morgan fingerprint density at radius 3 is 2.65 bits per heavy atom. The Morgan fingerprint density at radius 1 is 1.22 bits per heavy atom. The Labute approximate surface area is 140 Å². The lowest BCUT2D eigenvalue weighted by Gasteiger charge is -2.31. The molecule has 1 aromatic carbocycles. The number of hydrogen-bond donors (Lipinski definition) is 1. The summed E-state index contributed by atoms with van der Waals surface area (Å²) in [6.45, 7) is 0.940. The summed E-state index contributed by atoms with van der Waals surface area (Å²) >= 11 is 5.90. The van der Waals surface area contributed by atoms with Gasteiger partial charge in [-0.25, -0.2) is 18.4 Å². The predicted octanol–water partition coefficient (Wildman–Crippen LogP) is 2.40. The first-order valence-electron chi connectivity index (χ1n) is 7.34. The summed E-state index contributed by atoms with van der Waals surface area (Å²) in [7, 11) is -3.49. The average molecular weight is 353 g/mol. The minimum atomic E-state index is -3.49. The number of halogens is 1. The molecule has 122 valence electrons. The first-order valence-corrected chi connectivity index (χ1v) is 9.16. The second kappa shape index (κ2) is 6.82. The zero-order valence-corrected chi connectivity index (χ0v) is 14.0. The number of sulfonamides is 1. The van der Waals surface area contributed by atoms with Crippen molar-refractivity contribution in [2.75, 3.05) is 18.4 Å². The number of piperidine rings is 1. The average Bonchev–Trinajstić information content (AvgIpc) is 2.56. The fourth-order valence-corrected chi connectivity index (χ4v) is 4.37. The Morgan fingerprint density at radius 2 is 2.00 bits per heavy atom. The highest BCUT2D eigenvalue weighted by molar-refractivity contribution is 7.89. The van der Waals surface area contributed by atoms with E-state index in [1.807, 2.05) is 0 Å². The smallest absolute Gasteiger partial charge is 0.243 e. The Kier molecular flexibility index (Phi) is 4.79. The Hall–Kier alpha value is -1.70. The van der Waals surface area contributed by atoms with Crippen molar-refractivity contribution in [1.82, 2.24) is 14.3 Å². The van der Waals surface area contributed by atoms with Crippen LogP contribution < -0.4 is 5.32 Å². The molecule has 0 radical (unpaired) electrons. The molecule has 0 unspecified atom stereocenters. The van der Waals surface area contributed by atoms with Crippen molar-refractivity contribution in [2.24, 2.45) is 0 Å². The van der Waals surface area contributed by atoms with E-state index in [-0.39, 0.29) is 10.9 Å². The molecule has 0 aliphatic carbocycles. The highest BCUT2D eigenvalue weighted by atomic mass is 35.5. The maximum atomic E-state index is 12.6. The van der Waals surface area contributed by atoms with Gasteiger partial charge >= 0.3 is 0 Å². The van der Waals surface area contributed by atoms with E-state index in [2.05, 4.69) is 15.3 Å². The quantitative estimate of drug-likeness (QED) is 0.914. The molecule has 0 spiro atoms. The summed E-state index contributed by atoms with van der Waals surface area (Å²) in [6.07, 6.45) is 4.61. The van der Waals surface area contributed by atoms with Crippen LogP contribution in [0, 0.1) is 0 Å². The molecule has 0 saturated carbocycles. The molecule has 23 heavy (non-hydrogen) atoms. The molecular weight excluding hydrogens is 336 g/mol. The number of benzene rings is 1. The van der Waals surface area contributed by atoms with Gasteiger partial charge in [0.1, 0.15) is 12.1 Å². The molecule has 2 aromatic rings. The Balaban J connectivity index is 1.64. The van der Waals surface area contributed by atoms with E-state index in [1.54, 1.807) is 30.5 Å². The highest BCUT2D eigenvalue weighted by Crippen LogP contribution is 2.23. The minimum Gasteiger partial charge on any atom is -0.367 e. The molecule has 1 aliphatic heterocycles. The molecule has 1 aliphatic rings. The van der Waals surface area contributed by atoms with Crippen LogP contribution in [0.1, 0.15) is 12.8 Å². The van der Waals surface area contributed by atoms with Crippen molar-refractivity contribution in [2.45, 2.75) is 23.8 Å². The number of rotatable bonds is 4. The van der Waals surface area contributed by atoms with Crippen LogP contribution in [0.5, 0.6) is 0 Å². The molecule has 0 amide bonds. The van der Waals surface area contributed by atoms with Crippen molar-refractivity contribution in [1.29, 1.82) is 0 Å². The van der Waals surface area contributed by atoms with Gasteiger partial charge in [-0.05, 0) is 37.1 Å². The monoisotopic (exact) mass is 352 g/mol. The van der Waals surface area contributed by atoms with E-state index < -0.39 is 10.0 Å². The van der Waals surface area contributed by atoms with Crippen LogP contribution in [-0.2, 0) is 10.0 Å². The Bertz CT molecular complexity index is 762. The molecule has 1 saturated heterocycles. The third-order valence-electron chi connectivity index (χ3n) is 3.82. The molecular formula is C15H17ClN4O2S. The predicted molar refractivity (Wildman–Crippen MR) is 88.9 cm³/mol. The van der Waals surface area contributed by atoms with Gasteiger partial charge in [0.15, 0.2) is 0 Å². The van der Waals surface area contributed by atoms with E-state index in [0.717, 1.165) is 18.7 Å². The zero-order valence-electron chi connectivity index (χ0n) is 12.4. The van der Waals surface area contributed by atoms with Crippen molar-refractivity contribution < 1.29 is 8.42 Å². The standard InChI is InChI=1S/C15H17ClN4O2S/c16-12-2-1-3-14(10-12)23(21,22)20-8-5-13(6-9-20)19-15-4-7-17-11-18-15/h1-4,7,10-11,13H,5-6,8-9H2,(H,17,18,19). The third kappa shape index (κ3) is 3.80. The molecule has 0 atom stereocenters. The molecule has 1 N–H and O–H groups in total. The molecule has 1 aromatic heterocycles. The zero-order chi connectivity index (χ0) is 16.3. The molecule has 8 heteroatoms. The number of anilines is 1. The van der Waals surface area contributed by atoms with Crippen molar-refractivity contribution in [3.8, 4) is 0 Å². The normalized spacial score (nSPS) is 17.1. The molecule has 3 rings (SSSR count). The van der Waals surface area contributed by atoms with Crippen molar-refractivity contribution in [3.05, 3.63) is 47.9 Å². The fraction of sp³-hybridized carbons (Fsp3) is 0.333. The second-order valence-electron chi connectivity index (χ2n) is 5.37. The highest BCUT2D eigenvalue weighted by Gasteiger charge is 2.29. The summed E-state index contributed by atoms with van der Waals surface area (Å²) in [5, 5.41) is 3.73. The van der Waals surface area contributed by atoms with Gasteiger partial charge in [-0.15, -0.1) is 0 Å². The van der Waals surface area contributed by atoms with Crippen molar-refractivity contribution >= 4 is 27.4 Å². The van der Waals surface area contributed by atoms with Gasteiger partial charge in [0.05, 0.1) is 4.90 Å². The summed E-state index contributed by atoms with van der Waals surface area (Å²) < 4.78 is 26.8. The van der Waals surface area contributed by atoms with Crippen molar-refractivity contribution in [3.63, 3.8) is 0 Å². The van der Waals surface area contributed by atoms with E-state index >= 15 is 0 Å². The minimum absolute atomic E-state index is 0.204. The van der Waals surface area contributed by atoms with Crippen LogP contribution in [0.2, 0.25) is 5.02 Å². The van der Waals surface area contributed by atoms with Crippen LogP contribution in [0.25, 0.3) is 0 Å². The summed E-state index contributed by atoms with van der Waals surface area (Å²) in [5.41, 5.74) is 0. The SMILES string of the molecule is O=S(=O)(c1cccc(Cl)c1)N1CCC(Nc2ccncn2)CC1. The molecule has 6 nitrogen and oxygen atoms in total. The van der Waals surface area contributed by atoms with Gasteiger partial charge in [0.25, 0.3) is 0 Å². The lowest BCUT2D eigenvalue weighted by Crippen LogP contribution is -2.42. The van der Waals surface area contributed by atoms with Gasteiger partial charge in [0.2, 0.25) is 10.0 Å². The number of nitrogens with zero attached hydrogens (tertiary/aromatic N) is 3. The van der Waals surface area contributed by atoms with Gasteiger partial charge in [-0.3, -0.25) is 0 Å². The lowest BCUT2D eigenvalue weighted by atomic mass is 10.1. The molecule has 0 bridgehead atoms.